The van der Waals surface area contributed by atoms with Gasteiger partial charge in [0.05, 0.1) is 6.61 Å². The third kappa shape index (κ3) is 11.6. The van der Waals surface area contributed by atoms with Gasteiger partial charge in [0.15, 0.2) is 0 Å². The number of hydrogen-bond donors (Lipinski definition) is 1. The molecule has 0 radical (unpaired) electrons. The van der Waals surface area contributed by atoms with Crippen LogP contribution in [-0.4, -0.2) is 28.5 Å². The van der Waals surface area contributed by atoms with Crippen LogP contribution in [0.2, 0.25) is 5.15 Å². The lowest BCUT2D eigenvalue weighted by Crippen LogP contribution is -2.30. The first kappa shape index (κ1) is 22.2. The Morgan fingerprint density at radius 3 is 2.81 bits per heavy atom. The van der Waals surface area contributed by atoms with Crippen molar-refractivity contribution in [2.75, 3.05) is 6.61 Å². The number of nitrogens with one attached hydrogen (secondary N) is 1. The lowest BCUT2D eigenvalue weighted by atomic mass is 10.1. The number of unbranched alkanes of at least 4 members (excludes halogenated alkanes) is 5. The van der Waals surface area contributed by atoms with Crippen molar-refractivity contribution in [3.8, 4) is 6.01 Å². The fourth-order valence-electron chi connectivity index (χ4n) is 2.16. The molecule has 0 bridgehead atoms. The Kier molecular flexibility index (Phi) is 12.2. The van der Waals surface area contributed by atoms with Crippen molar-refractivity contribution in [3.05, 3.63) is 41.7 Å². The number of aromatic nitrogens is 2. The standard InChI is InChI=1S/C20H30ClN3O2/c1-3-17(2)23-19(25)13-11-9-7-5-4-6-8-10-12-16-26-20-22-15-14-18(21)24-20/h7,9,11,13-15,17H,3-6,8,10,12,16H2,1-2H3,(H,23,25). The molecule has 0 aliphatic carbocycles. The molecule has 1 aromatic rings. The molecule has 0 aliphatic rings. The maximum atomic E-state index is 11.5. The number of hydrogen-bond acceptors (Lipinski definition) is 4. The zero-order valence-corrected chi connectivity index (χ0v) is 16.5. The minimum atomic E-state index is -0.0330. The van der Waals surface area contributed by atoms with Gasteiger partial charge in [-0.3, -0.25) is 4.79 Å². The second-order valence-corrected chi connectivity index (χ2v) is 6.56. The van der Waals surface area contributed by atoms with Gasteiger partial charge >= 0.3 is 6.01 Å². The number of ether oxygens (including phenoxy) is 1. The summed E-state index contributed by atoms with van der Waals surface area (Å²) in [6.07, 6.45) is 16.6. The Hall–Kier alpha value is -1.88. The van der Waals surface area contributed by atoms with Crippen LogP contribution in [-0.2, 0) is 4.79 Å². The third-order valence-electron chi connectivity index (χ3n) is 3.84. The molecule has 0 fully saturated rings. The molecule has 1 atom stereocenters. The van der Waals surface area contributed by atoms with E-state index in [9.17, 15) is 4.79 Å². The Morgan fingerprint density at radius 2 is 2.04 bits per heavy atom. The summed E-state index contributed by atoms with van der Waals surface area (Å²) >= 11 is 5.77. The van der Waals surface area contributed by atoms with Gasteiger partial charge in [-0.15, -0.1) is 0 Å². The number of allylic oxidation sites excluding steroid dienone is 3. The van der Waals surface area contributed by atoms with E-state index in [1.807, 2.05) is 13.0 Å². The van der Waals surface area contributed by atoms with Gasteiger partial charge in [0.2, 0.25) is 5.91 Å². The third-order valence-corrected chi connectivity index (χ3v) is 4.05. The second kappa shape index (κ2) is 14.3. The van der Waals surface area contributed by atoms with Gasteiger partial charge < -0.3 is 10.1 Å². The highest BCUT2D eigenvalue weighted by molar-refractivity contribution is 6.29. The minimum Gasteiger partial charge on any atom is -0.463 e. The van der Waals surface area contributed by atoms with Crippen LogP contribution in [0.4, 0.5) is 0 Å². The van der Waals surface area contributed by atoms with Crippen LogP contribution in [0.1, 0.15) is 58.8 Å². The van der Waals surface area contributed by atoms with Crippen molar-refractivity contribution in [1.29, 1.82) is 0 Å². The molecule has 0 aliphatic heterocycles. The maximum absolute atomic E-state index is 11.5. The first-order valence-electron chi connectivity index (χ1n) is 9.37. The lowest BCUT2D eigenvalue weighted by molar-refractivity contribution is -0.117. The highest BCUT2D eigenvalue weighted by Gasteiger charge is 2.00. The maximum Gasteiger partial charge on any atom is 0.317 e. The number of carbonyl (C=O) groups excluding carboxylic acids is 1. The summed E-state index contributed by atoms with van der Waals surface area (Å²) in [5, 5.41) is 3.29. The lowest BCUT2D eigenvalue weighted by Gasteiger charge is -2.07. The van der Waals surface area contributed by atoms with E-state index in [1.54, 1.807) is 24.4 Å². The van der Waals surface area contributed by atoms with E-state index < -0.39 is 0 Å². The molecule has 26 heavy (non-hydrogen) atoms. The molecule has 0 aromatic carbocycles. The van der Waals surface area contributed by atoms with E-state index in [0.717, 1.165) is 32.1 Å². The van der Waals surface area contributed by atoms with E-state index in [2.05, 4.69) is 28.3 Å². The molecule has 6 heteroatoms. The van der Waals surface area contributed by atoms with Crippen LogP contribution in [0, 0.1) is 0 Å². The van der Waals surface area contributed by atoms with Gasteiger partial charge in [0, 0.05) is 18.3 Å². The number of halogens is 1. The van der Waals surface area contributed by atoms with Crippen LogP contribution in [0.15, 0.2) is 36.6 Å². The van der Waals surface area contributed by atoms with E-state index in [1.165, 1.54) is 12.8 Å². The Bertz CT molecular complexity index is 576. The smallest absolute Gasteiger partial charge is 0.317 e. The molecular weight excluding hydrogens is 350 g/mol. The van der Waals surface area contributed by atoms with Crippen molar-refractivity contribution >= 4 is 17.5 Å². The van der Waals surface area contributed by atoms with Crippen LogP contribution in [0.25, 0.3) is 0 Å². The van der Waals surface area contributed by atoms with Crippen LogP contribution in [0.3, 0.4) is 0 Å². The molecule has 1 heterocycles. The van der Waals surface area contributed by atoms with Crippen LogP contribution in [0.5, 0.6) is 6.01 Å². The molecule has 5 nitrogen and oxygen atoms in total. The van der Waals surface area contributed by atoms with Crippen LogP contribution < -0.4 is 10.1 Å². The zero-order chi connectivity index (χ0) is 19.0. The van der Waals surface area contributed by atoms with Crippen molar-refractivity contribution in [1.82, 2.24) is 15.3 Å². The highest BCUT2D eigenvalue weighted by atomic mass is 35.5. The summed E-state index contributed by atoms with van der Waals surface area (Å²) in [4.78, 5) is 19.5. The highest BCUT2D eigenvalue weighted by Crippen LogP contribution is 2.09. The molecular formula is C20H30ClN3O2. The summed E-state index contributed by atoms with van der Waals surface area (Å²) in [6, 6.07) is 2.19. The molecule has 1 N–H and O–H groups in total. The summed E-state index contributed by atoms with van der Waals surface area (Å²) < 4.78 is 5.45. The van der Waals surface area contributed by atoms with Gasteiger partial charge in [-0.1, -0.05) is 56.0 Å². The Balaban J connectivity index is 1.95. The first-order chi connectivity index (χ1) is 12.6. The summed E-state index contributed by atoms with van der Waals surface area (Å²) in [6.45, 7) is 4.66. The average Bonchev–Trinajstić information content (AvgIpc) is 2.62. The van der Waals surface area contributed by atoms with Crippen molar-refractivity contribution < 1.29 is 9.53 Å². The van der Waals surface area contributed by atoms with Gasteiger partial charge in [0.1, 0.15) is 5.15 Å². The number of amides is 1. The Morgan fingerprint density at radius 1 is 1.27 bits per heavy atom. The van der Waals surface area contributed by atoms with E-state index in [4.69, 9.17) is 16.3 Å². The number of nitrogens with zero attached hydrogens (tertiary/aromatic N) is 2. The van der Waals surface area contributed by atoms with Gasteiger partial charge in [-0.05, 0) is 38.7 Å². The van der Waals surface area contributed by atoms with E-state index in [0.29, 0.717) is 17.8 Å². The molecule has 1 rings (SSSR count). The fourth-order valence-corrected chi connectivity index (χ4v) is 2.29. The monoisotopic (exact) mass is 379 g/mol. The molecule has 0 saturated heterocycles. The molecule has 0 saturated carbocycles. The minimum absolute atomic E-state index is 0.0330. The van der Waals surface area contributed by atoms with E-state index in [-0.39, 0.29) is 11.9 Å². The van der Waals surface area contributed by atoms with Crippen molar-refractivity contribution in [3.63, 3.8) is 0 Å². The topological polar surface area (TPSA) is 64.1 Å². The predicted octanol–water partition coefficient (Wildman–Crippen LogP) is 4.88. The summed E-state index contributed by atoms with van der Waals surface area (Å²) in [7, 11) is 0. The number of carbonyl (C=O) groups is 1. The average molecular weight is 380 g/mol. The first-order valence-corrected chi connectivity index (χ1v) is 9.74. The molecule has 1 aromatic heterocycles. The molecule has 144 valence electrons. The van der Waals surface area contributed by atoms with Gasteiger partial charge in [-0.25, -0.2) is 4.98 Å². The fraction of sp³-hybridized carbons (Fsp3) is 0.550. The largest absolute Gasteiger partial charge is 0.463 e. The van der Waals surface area contributed by atoms with Crippen molar-refractivity contribution in [2.24, 2.45) is 0 Å². The summed E-state index contributed by atoms with van der Waals surface area (Å²) in [5.41, 5.74) is 0. The molecule has 0 spiro atoms. The quantitative estimate of drug-likeness (QED) is 0.229. The predicted molar refractivity (Wildman–Crippen MR) is 106 cm³/mol. The van der Waals surface area contributed by atoms with Crippen LogP contribution >= 0.6 is 11.6 Å². The zero-order valence-electron chi connectivity index (χ0n) is 15.8. The number of rotatable bonds is 13. The molecule has 1 unspecified atom stereocenters. The normalized spacial score (nSPS) is 12.6. The van der Waals surface area contributed by atoms with Gasteiger partial charge in [0.25, 0.3) is 0 Å². The second-order valence-electron chi connectivity index (χ2n) is 6.17. The molecule has 1 amide bonds. The van der Waals surface area contributed by atoms with E-state index >= 15 is 0 Å². The Labute approximate surface area is 161 Å². The SMILES string of the molecule is CCC(C)NC(=O)C=CC=CCCCCCCCOc1nccc(Cl)n1. The van der Waals surface area contributed by atoms with Gasteiger partial charge in [-0.2, -0.15) is 4.98 Å². The summed E-state index contributed by atoms with van der Waals surface area (Å²) in [5.74, 6) is -0.0330. The van der Waals surface area contributed by atoms with Crippen molar-refractivity contribution in [2.45, 2.75) is 64.8 Å².